The minimum Gasteiger partial charge on any atom is -0.444 e. The van der Waals surface area contributed by atoms with E-state index in [1.54, 1.807) is 26.8 Å². The second-order valence-corrected chi connectivity index (χ2v) is 13.5. The molecule has 0 bridgehead atoms. The third-order valence-corrected chi connectivity index (χ3v) is 8.93. The minimum atomic E-state index is -1.21. The Morgan fingerprint density at radius 3 is 2.29 bits per heavy atom. The summed E-state index contributed by atoms with van der Waals surface area (Å²) in [5, 5.41) is 7.88. The summed E-state index contributed by atoms with van der Waals surface area (Å²) < 4.78 is 4.24. The van der Waals surface area contributed by atoms with E-state index in [-0.39, 0.29) is 31.3 Å². The molecule has 12 heteroatoms. The fourth-order valence-corrected chi connectivity index (χ4v) is 6.64. The van der Waals surface area contributed by atoms with E-state index in [2.05, 4.69) is 29.1 Å². The summed E-state index contributed by atoms with van der Waals surface area (Å²) in [6.07, 6.45) is 7.20. The predicted octanol–water partition coefficient (Wildman–Crippen LogP) is 3.41. The Kier molecular flexibility index (Phi) is 10.9. The number of likely N-dealkylation sites (tertiary alicyclic amines) is 1. The van der Waals surface area contributed by atoms with E-state index < -0.39 is 63.6 Å². The Bertz CT molecular complexity index is 1050. The van der Waals surface area contributed by atoms with Crippen LogP contribution in [0.1, 0.15) is 65.7 Å². The molecular formula is C29H42Cl2N4O6. The number of hydrogen-bond donors (Lipinski definition) is 3. The lowest BCUT2D eigenvalue weighted by atomic mass is 9.83. The molecule has 0 spiro atoms. The van der Waals surface area contributed by atoms with E-state index in [0.29, 0.717) is 6.42 Å². The number of carbonyl (C=O) groups is 5. The molecule has 10 nitrogen and oxygen atoms in total. The van der Waals surface area contributed by atoms with Crippen LogP contribution in [0.5, 0.6) is 0 Å². The van der Waals surface area contributed by atoms with Crippen LogP contribution in [0.4, 0.5) is 4.79 Å². The van der Waals surface area contributed by atoms with Crippen molar-refractivity contribution in [3.63, 3.8) is 0 Å². The number of nitrogens with one attached hydrogen (secondary N) is 3. The van der Waals surface area contributed by atoms with E-state index >= 15 is 0 Å². The Labute approximate surface area is 251 Å². The largest absolute Gasteiger partial charge is 0.444 e. The summed E-state index contributed by atoms with van der Waals surface area (Å²) in [6, 6.07) is -3.13. The molecule has 0 aromatic heterocycles. The van der Waals surface area contributed by atoms with Gasteiger partial charge in [0.25, 0.3) is 5.91 Å². The molecular weight excluding hydrogens is 571 g/mol. The van der Waals surface area contributed by atoms with Gasteiger partial charge in [-0.05, 0) is 52.4 Å². The number of Topliss-reactive ketones (excluding diaryl/α,β-unsaturated/α-hetero) is 1. The van der Waals surface area contributed by atoms with Crippen molar-refractivity contribution in [2.45, 2.75) is 93.8 Å². The van der Waals surface area contributed by atoms with Crippen molar-refractivity contribution in [3.8, 4) is 0 Å². The summed E-state index contributed by atoms with van der Waals surface area (Å²) in [5.41, 5.74) is -0.760. The summed E-state index contributed by atoms with van der Waals surface area (Å²) >= 11 is 13.0. The zero-order valence-electron chi connectivity index (χ0n) is 24.0. The topological polar surface area (TPSA) is 134 Å². The Morgan fingerprint density at radius 1 is 1.05 bits per heavy atom. The fraction of sp³-hybridized carbons (Fsp3) is 0.690. The van der Waals surface area contributed by atoms with Crippen LogP contribution in [0.15, 0.2) is 25.3 Å². The van der Waals surface area contributed by atoms with Gasteiger partial charge in [0.1, 0.15) is 22.0 Å². The number of alkyl carbamates (subject to hydrolysis) is 1. The highest BCUT2D eigenvalue weighted by Gasteiger charge is 2.74. The lowest BCUT2D eigenvalue weighted by Crippen LogP contribution is -2.60. The maximum atomic E-state index is 14.1. The lowest BCUT2D eigenvalue weighted by molar-refractivity contribution is -0.144. The number of hydrogen-bond acceptors (Lipinski definition) is 6. The van der Waals surface area contributed by atoms with Crippen LogP contribution >= 0.6 is 23.2 Å². The van der Waals surface area contributed by atoms with Crippen LogP contribution in [0.2, 0.25) is 0 Å². The first kappa shape index (κ1) is 32.9. The van der Waals surface area contributed by atoms with E-state index in [1.165, 1.54) is 11.0 Å². The molecule has 3 fully saturated rings. The van der Waals surface area contributed by atoms with Gasteiger partial charge in [-0.15, -0.1) is 36.4 Å². The van der Waals surface area contributed by atoms with Crippen molar-refractivity contribution in [1.82, 2.24) is 20.9 Å². The molecule has 3 aliphatic rings. The molecule has 5 atom stereocenters. The second-order valence-electron chi connectivity index (χ2n) is 12.1. The van der Waals surface area contributed by atoms with Crippen molar-refractivity contribution in [2.24, 2.45) is 17.8 Å². The standard InChI is InChI=1S/C29H42Cl2N4O6/c1-6-8-14-19(23(36)25(38)32-15-7-2)33-24(37)22-20-18(29(20,30)31)16-35(22)26(39)21(17-12-10-9-11-13-17)34-27(40)41-28(3,4)5/h6-7,17-22H,1-2,8-16H2,3-5H3,(H,32,38)(H,33,37)(H,34,40)/t18-,19?,20-,21?,22-/m0/s1. The maximum absolute atomic E-state index is 14.1. The molecule has 1 aliphatic heterocycles. The Hall–Kier alpha value is -2.59. The quantitative estimate of drug-likeness (QED) is 0.176. The summed E-state index contributed by atoms with van der Waals surface area (Å²) in [5.74, 6) is -3.77. The second kappa shape index (κ2) is 13.6. The molecule has 2 unspecified atom stereocenters. The number of alkyl halides is 2. The highest BCUT2D eigenvalue weighted by Crippen LogP contribution is 2.65. The average Bonchev–Trinajstić information content (AvgIpc) is 3.23. The lowest BCUT2D eigenvalue weighted by Gasteiger charge is -2.36. The average molecular weight is 614 g/mol. The van der Waals surface area contributed by atoms with Crippen LogP contribution in [0.25, 0.3) is 0 Å². The molecule has 3 rings (SSSR count). The van der Waals surface area contributed by atoms with Crippen LogP contribution in [-0.4, -0.2) is 75.6 Å². The van der Waals surface area contributed by atoms with Crippen molar-refractivity contribution in [3.05, 3.63) is 25.3 Å². The van der Waals surface area contributed by atoms with Gasteiger partial charge in [0, 0.05) is 24.9 Å². The molecule has 2 saturated carbocycles. The molecule has 0 radical (unpaired) electrons. The molecule has 4 amide bonds. The summed E-state index contributed by atoms with van der Waals surface area (Å²) in [6.45, 7) is 12.6. The molecule has 228 valence electrons. The monoisotopic (exact) mass is 612 g/mol. The molecule has 0 aromatic carbocycles. The zero-order valence-corrected chi connectivity index (χ0v) is 25.6. The van der Waals surface area contributed by atoms with Gasteiger partial charge in [-0.25, -0.2) is 4.79 Å². The van der Waals surface area contributed by atoms with Gasteiger partial charge < -0.3 is 25.6 Å². The van der Waals surface area contributed by atoms with Gasteiger partial charge >= 0.3 is 6.09 Å². The first-order valence-corrected chi connectivity index (χ1v) is 15.0. The van der Waals surface area contributed by atoms with Gasteiger partial charge in [-0.2, -0.15) is 0 Å². The third kappa shape index (κ3) is 8.03. The number of nitrogens with zero attached hydrogens (tertiary/aromatic N) is 1. The van der Waals surface area contributed by atoms with Gasteiger partial charge in [-0.1, -0.05) is 31.4 Å². The van der Waals surface area contributed by atoms with E-state index in [4.69, 9.17) is 27.9 Å². The van der Waals surface area contributed by atoms with Crippen molar-refractivity contribution in [1.29, 1.82) is 0 Å². The minimum absolute atomic E-state index is 0.0928. The van der Waals surface area contributed by atoms with Gasteiger partial charge in [0.05, 0.1) is 6.04 Å². The fourth-order valence-electron chi connectivity index (χ4n) is 5.82. The first-order valence-electron chi connectivity index (χ1n) is 14.2. The smallest absolute Gasteiger partial charge is 0.408 e. The number of carbonyl (C=O) groups excluding carboxylic acids is 5. The molecule has 0 aromatic rings. The number of halogens is 2. The molecule has 1 saturated heterocycles. The Morgan fingerprint density at radius 2 is 1.71 bits per heavy atom. The maximum Gasteiger partial charge on any atom is 0.408 e. The number of fused-ring (bicyclic) bond motifs is 1. The zero-order chi connectivity index (χ0) is 30.5. The van der Waals surface area contributed by atoms with E-state index in [1.807, 2.05) is 0 Å². The number of ketones is 1. The van der Waals surface area contributed by atoms with Gasteiger partial charge in [-0.3, -0.25) is 19.2 Å². The number of piperidine rings is 1. The SMILES string of the molecule is C=CCCC(NC(=O)[C@@H]1[C@@H]2[C@H](CN1C(=O)C(NC(=O)OC(C)(C)C)C1CCCCC1)C2(Cl)Cl)C(=O)C(=O)NCC=C. The third-order valence-electron chi connectivity index (χ3n) is 7.87. The number of allylic oxidation sites excluding steroid dienone is 1. The highest BCUT2D eigenvalue weighted by atomic mass is 35.5. The number of amides is 4. The van der Waals surface area contributed by atoms with Gasteiger partial charge in [0.2, 0.25) is 17.6 Å². The van der Waals surface area contributed by atoms with Crippen molar-refractivity contribution in [2.75, 3.05) is 13.1 Å². The van der Waals surface area contributed by atoms with Gasteiger partial charge in [0.15, 0.2) is 0 Å². The number of rotatable bonds is 12. The van der Waals surface area contributed by atoms with E-state index in [9.17, 15) is 24.0 Å². The van der Waals surface area contributed by atoms with Crippen molar-refractivity contribution < 1.29 is 28.7 Å². The van der Waals surface area contributed by atoms with Crippen molar-refractivity contribution >= 4 is 52.8 Å². The molecule has 2 aliphatic carbocycles. The summed E-state index contributed by atoms with van der Waals surface area (Å²) in [4.78, 5) is 67.3. The van der Waals surface area contributed by atoms with Crippen LogP contribution in [0.3, 0.4) is 0 Å². The number of ether oxygens (including phenoxy) is 1. The van der Waals surface area contributed by atoms with E-state index in [0.717, 1.165) is 32.1 Å². The molecule has 41 heavy (non-hydrogen) atoms. The first-order chi connectivity index (χ1) is 19.2. The normalized spacial score (nSPS) is 24.7. The van der Waals surface area contributed by atoms with Crippen LogP contribution in [-0.2, 0) is 23.9 Å². The molecule has 1 heterocycles. The highest BCUT2D eigenvalue weighted by molar-refractivity contribution is 6.51. The van der Waals surface area contributed by atoms with Crippen LogP contribution < -0.4 is 16.0 Å². The summed E-state index contributed by atoms with van der Waals surface area (Å²) in [7, 11) is 0. The van der Waals surface area contributed by atoms with Crippen LogP contribution in [0, 0.1) is 17.8 Å². The molecule has 3 N–H and O–H groups in total. The Balaban J connectivity index is 1.85. The predicted molar refractivity (Wildman–Crippen MR) is 156 cm³/mol.